The number of hydrogen-bond donors (Lipinski definition) is 1. The van der Waals surface area contributed by atoms with Crippen LogP contribution in [0.25, 0.3) is 0 Å². The molecule has 1 aromatic carbocycles. The van der Waals surface area contributed by atoms with E-state index in [-0.39, 0.29) is 22.8 Å². The summed E-state index contributed by atoms with van der Waals surface area (Å²) >= 11 is 0. The van der Waals surface area contributed by atoms with Gasteiger partial charge < -0.3 is 9.84 Å². The van der Waals surface area contributed by atoms with Crippen LogP contribution in [0.1, 0.15) is 22.3 Å². The van der Waals surface area contributed by atoms with Gasteiger partial charge >= 0.3 is 5.97 Å². The van der Waals surface area contributed by atoms with E-state index in [1.807, 2.05) is 6.92 Å². The van der Waals surface area contributed by atoms with Crippen molar-refractivity contribution < 1.29 is 23.1 Å². The van der Waals surface area contributed by atoms with Crippen LogP contribution in [-0.4, -0.2) is 37.1 Å². The lowest BCUT2D eigenvalue weighted by atomic mass is 10.1. The number of ether oxygens (including phenoxy) is 1. The number of carbonyl (C=O) groups is 1. The first-order chi connectivity index (χ1) is 8.37. The topological polar surface area (TPSA) is 80.7 Å². The van der Waals surface area contributed by atoms with Gasteiger partial charge in [0.25, 0.3) is 0 Å². The van der Waals surface area contributed by atoms with Crippen molar-refractivity contribution in [2.45, 2.75) is 19.4 Å². The minimum Gasteiger partial charge on any atom is -0.488 e. The predicted molar refractivity (Wildman–Crippen MR) is 65.8 cm³/mol. The normalized spacial score (nSPS) is 21.7. The number of aryl methyl sites for hydroxylation is 1. The molecule has 1 aliphatic heterocycles. The molecule has 98 valence electrons. The van der Waals surface area contributed by atoms with Gasteiger partial charge in [-0.2, -0.15) is 0 Å². The Morgan fingerprint density at radius 2 is 2.17 bits per heavy atom. The maximum absolute atomic E-state index is 11.3. The summed E-state index contributed by atoms with van der Waals surface area (Å²) in [5, 5.41) is 9.03. The minimum atomic E-state index is -3.03. The van der Waals surface area contributed by atoms with Gasteiger partial charge in [-0.05, 0) is 31.0 Å². The van der Waals surface area contributed by atoms with Crippen LogP contribution in [0.3, 0.4) is 0 Å². The van der Waals surface area contributed by atoms with Crippen LogP contribution < -0.4 is 4.74 Å². The molecule has 1 atom stereocenters. The van der Waals surface area contributed by atoms with Gasteiger partial charge in [0.2, 0.25) is 0 Å². The molecule has 1 fully saturated rings. The summed E-state index contributed by atoms with van der Waals surface area (Å²) < 4.78 is 28.2. The fourth-order valence-electron chi connectivity index (χ4n) is 1.94. The molecule has 1 aliphatic rings. The molecule has 0 bridgehead atoms. The standard InChI is InChI=1S/C12H14O5S/c1-8-2-3-10(12(13)14)11(6-8)17-9-4-5-18(15,16)7-9/h2-3,6,9H,4-5,7H2,1H3,(H,13,14). The monoisotopic (exact) mass is 270 g/mol. The second kappa shape index (κ2) is 4.61. The molecule has 5 nitrogen and oxygen atoms in total. The van der Waals surface area contributed by atoms with E-state index in [1.165, 1.54) is 6.07 Å². The molecule has 1 N–H and O–H groups in total. The van der Waals surface area contributed by atoms with Crippen LogP contribution in [0.2, 0.25) is 0 Å². The Morgan fingerprint density at radius 3 is 2.72 bits per heavy atom. The molecular weight excluding hydrogens is 256 g/mol. The molecule has 1 aromatic rings. The number of hydrogen-bond acceptors (Lipinski definition) is 4. The van der Waals surface area contributed by atoms with Gasteiger partial charge in [-0.15, -0.1) is 0 Å². The summed E-state index contributed by atoms with van der Waals surface area (Å²) in [6, 6.07) is 4.77. The zero-order valence-electron chi connectivity index (χ0n) is 9.92. The molecule has 1 unspecified atom stereocenters. The number of aromatic carboxylic acids is 1. The van der Waals surface area contributed by atoms with Crippen molar-refractivity contribution in [1.82, 2.24) is 0 Å². The van der Waals surface area contributed by atoms with Gasteiger partial charge in [-0.3, -0.25) is 0 Å². The Bertz CT molecular complexity index is 576. The lowest BCUT2D eigenvalue weighted by Gasteiger charge is -2.14. The molecule has 0 radical (unpaired) electrons. The highest BCUT2D eigenvalue weighted by molar-refractivity contribution is 7.91. The number of carboxylic acids is 1. The third-order valence-corrected chi connectivity index (χ3v) is 4.59. The van der Waals surface area contributed by atoms with Gasteiger partial charge in [0.05, 0.1) is 11.5 Å². The highest BCUT2D eigenvalue weighted by Gasteiger charge is 2.30. The fraction of sp³-hybridized carbons (Fsp3) is 0.417. The minimum absolute atomic E-state index is 0.0417. The van der Waals surface area contributed by atoms with Crippen LogP contribution in [0.4, 0.5) is 0 Å². The van der Waals surface area contributed by atoms with Crippen molar-refractivity contribution in [2.24, 2.45) is 0 Å². The Hall–Kier alpha value is -1.56. The zero-order valence-corrected chi connectivity index (χ0v) is 10.7. The molecule has 6 heteroatoms. The number of sulfone groups is 1. The summed E-state index contributed by atoms with van der Waals surface area (Å²) in [4.78, 5) is 11.0. The summed E-state index contributed by atoms with van der Waals surface area (Å²) in [6.45, 7) is 1.82. The SMILES string of the molecule is Cc1ccc(C(=O)O)c(OC2CCS(=O)(=O)C2)c1. The Labute approximate surface area is 105 Å². The van der Waals surface area contributed by atoms with E-state index in [0.717, 1.165) is 5.56 Å². The van der Waals surface area contributed by atoms with Crippen LogP contribution >= 0.6 is 0 Å². The first kappa shape index (κ1) is 12.9. The Morgan fingerprint density at radius 1 is 1.44 bits per heavy atom. The first-order valence-corrected chi connectivity index (χ1v) is 7.40. The summed E-state index contributed by atoms with van der Waals surface area (Å²) in [5.41, 5.74) is 0.931. The lowest BCUT2D eigenvalue weighted by Crippen LogP contribution is -2.19. The van der Waals surface area contributed by atoms with Crippen molar-refractivity contribution in [3.8, 4) is 5.75 Å². The maximum atomic E-state index is 11.3. The third kappa shape index (κ3) is 2.81. The van der Waals surface area contributed by atoms with E-state index in [1.54, 1.807) is 12.1 Å². The van der Waals surface area contributed by atoms with Crippen LogP contribution in [-0.2, 0) is 9.84 Å². The summed E-state index contributed by atoms with van der Waals surface area (Å²) in [5.74, 6) is -0.776. The largest absolute Gasteiger partial charge is 0.488 e. The maximum Gasteiger partial charge on any atom is 0.339 e. The highest BCUT2D eigenvalue weighted by Crippen LogP contribution is 2.25. The molecule has 0 aromatic heterocycles. The van der Waals surface area contributed by atoms with Crippen LogP contribution in [0, 0.1) is 6.92 Å². The van der Waals surface area contributed by atoms with Crippen molar-refractivity contribution in [1.29, 1.82) is 0 Å². The molecule has 18 heavy (non-hydrogen) atoms. The van der Waals surface area contributed by atoms with Crippen molar-refractivity contribution >= 4 is 15.8 Å². The first-order valence-electron chi connectivity index (χ1n) is 5.58. The molecule has 0 amide bonds. The summed E-state index contributed by atoms with van der Waals surface area (Å²) in [6.07, 6.45) is -0.0371. The van der Waals surface area contributed by atoms with Gasteiger partial charge in [-0.1, -0.05) is 6.07 Å². The lowest BCUT2D eigenvalue weighted by molar-refractivity contribution is 0.0690. The van der Waals surface area contributed by atoms with Crippen molar-refractivity contribution in [3.05, 3.63) is 29.3 Å². The number of benzene rings is 1. The molecule has 1 saturated heterocycles. The van der Waals surface area contributed by atoms with E-state index in [4.69, 9.17) is 9.84 Å². The van der Waals surface area contributed by atoms with E-state index >= 15 is 0 Å². The Kier molecular flexibility index (Phi) is 3.30. The van der Waals surface area contributed by atoms with Gasteiger partial charge in [0, 0.05) is 0 Å². The molecule has 0 aliphatic carbocycles. The van der Waals surface area contributed by atoms with Crippen LogP contribution in [0.15, 0.2) is 18.2 Å². The van der Waals surface area contributed by atoms with E-state index in [2.05, 4.69) is 0 Å². The van der Waals surface area contributed by atoms with Crippen LogP contribution in [0.5, 0.6) is 5.75 Å². The Balaban J connectivity index is 2.23. The molecule has 0 saturated carbocycles. The quantitative estimate of drug-likeness (QED) is 0.894. The summed E-state index contributed by atoms with van der Waals surface area (Å²) in [7, 11) is -3.03. The van der Waals surface area contributed by atoms with E-state index in [9.17, 15) is 13.2 Å². The number of rotatable bonds is 3. The number of carboxylic acid groups (broad SMARTS) is 1. The third-order valence-electron chi connectivity index (χ3n) is 2.85. The second-order valence-corrected chi connectivity index (χ2v) is 6.68. The predicted octanol–water partition coefficient (Wildman–Crippen LogP) is 1.26. The average Bonchev–Trinajstić information content (AvgIpc) is 2.57. The van der Waals surface area contributed by atoms with Gasteiger partial charge in [-0.25, -0.2) is 13.2 Å². The fourth-order valence-corrected chi connectivity index (χ4v) is 3.53. The van der Waals surface area contributed by atoms with Gasteiger partial charge in [0.15, 0.2) is 9.84 Å². The van der Waals surface area contributed by atoms with Crippen molar-refractivity contribution in [2.75, 3.05) is 11.5 Å². The highest BCUT2D eigenvalue weighted by atomic mass is 32.2. The second-order valence-electron chi connectivity index (χ2n) is 4.45. The van der Waals surface area contributed by atoms with E-state index < -0.39 is 21.9 Å². The molecule has 2 rings (SSSR count). The molecule has 0 spiro atoms. The zero-order chi connectivity index (χ0) is 13.3. The molecule has 1 heterocycles. The van der Waals surface area contributed by atoms with Gasteiger partial charge in [0.1, 0.15) is 17.4 Å². The van der Waals surface area contributed by atoms with E-state index in [0.29, 0.717) is 6.42 Å². The van der Waals surface area contributed by atoms with Crippen molar-refractivity contribution in [3.63, 3.8) is 0 Å². The smallest absolute Gasteiger partial charge is 0.339 e. The average molecular weight is 270 g/mol. The molecular formula is C12H14O5S.